The number of anilines is 1. The first-order valence-electron chi connectivity index (χ1n) is 11.4. The minimum atomic E-state index is -0.319. The minimum Gasteiger partial charge on any atom is -0.325 e. The fourth-order valence-corrected chi connectivity index (χ4v) is 4.92. The predicted molar refractivity (Wildman–Crippen MR) is 131 cm³/mol. The molecule has 0 spiro atoms. The van der Waals surface area contributed by atoms with E-state index in [-0.39, 0.29) is 29.3 Å². The molecule has 7 nitrogen and oxygen atoms in total. The summed E-state index contributed by atoms with van der Waals surface area (Å²) < 4.78 is 15.5. The van der Waals surface area contributed by atoms with Gasteiger partial charge in [0, 0.05) is 11.3 Å². The zero-order valence-corrected chi connectivity index (χ0v) is 20.1. The summed E-state index contributed by atoms with van der Waals surface area (Å²) in [5.74, 6) is 0.163. The van der Waals surface area contributed by atoms with E-state index in [1.54, 1.807) is 36.4 Å². The molecule has 2 aromatic carbocycles. The summed E-state index contributed by atoms with van der Waals surface area (Å²) in [6.07, 6.45) is 3.54. The number of likely N-dealkylation sites (tertiary alicyclic amines) is 1. The molecule has 1 saturated heterocycles. The van der Waals surface area contributed by atoms with E-state index in [4.69, 9.17) is 0 Å². The summed E-state index contributed by atoms with van der Waals surface area (Å²) in [4.78, 5) is 26.9. The fraction of sp³-hybridized carbons (Fsp3) is 0.360. The van der Waals surface area contributed by atoms with E-state index < -0.39 is 0 Å². The average molecular weight is 482 g/mol. The van der Waals surface area contributed by atoms with Gasteiger partial charge in [-0.15, -0.1) is 10.2 Å². The second-order valence-electron chi connectivity index (χ2n) is 8.36. The third kappa shape index (κ3) is 5.53. The van der Waals surface area contributed by atoms with Crippen LogP contribution in [0.5, 0.6) is 0 Å². The Labute approximate surface area is 202 Å². The molecule has 0 saturated carbocycles. The lowest BCUT2D eigenvalue weighted by Gasteiger charge is -2.31. The average Bonchev–Trinajstić information content (AvgIpc) is 3.27. The third-order valence-corrected chi connectivity index (χ3v) is 6.90. The number of amides is 1. The second-order valence-corrected chi connectivity index (χ2v) is 9.31. The number of halogens is 1. The van der Waals surface area contributed by atoms with Gasteiger partial charge in [-0.3, -0.25) is 19.1 Å². The van der Waals surface area contributed by atoms with Gasteiger partial charge in [-0.2, -0.15) is 0 Å². The smallest absolute Gasteiger partial charge is 0.234 e. The summed E-state index contributed by atoms with van der Waals surface area (Å²) in [5.41, 5.74) is 1.70. The molecule has 0 aliphatic carbocycles. The molecule has 178 valence electrons. The number of hydrogen-bond donors (Lipinski definition) is 1. The number of nitrogens with zero attached hydrogens (tertiary/aromatic N) is 4. The van der Waals surface area contributed by atoms with Gasteiger partial charge in [0.1, 0.15) is 5.82 Å². The van der Waals surface area contributed by atoms with Gasteiger partial charge >= 0.3 is 0 Å². The lowest BCUT2D eigenvalue weighted by molar-refractivity contribution is -0.113. The number of nitrogens with one attached hydrogen (secondary N) is 1. The standard InChI is InChI=1S/C25H28FN5O2S/c1-17(30-14-6-3-7-15-30)24-28-29-25(31(24)20-12-10-19(26)11-13-20)34-16-23(33)27-22-9-5-4-8-21(22)18(2)32/h4-5,8-13,17H,3,6-7,14-16H2,1-2H3,(H,27,33). The van der Waals surface area contributed by atoms with Gasteiger partial charge < -0.3 is 5.32 Å². The number of carbonyl (C=O) groups excluding carboxylic acids is 2. The third-order valence-electron chi connectivity index (χ3n) is 5.97. The lowest BCUT2D eigenvalue weighted by atomic mass is 10.1. The molecule has 3 aromatic rings. The normalized spacial score (nSPS) is 15.1. The van der Waals surface area contributed by atoms with Crippen LogP contribution in [0.25, 0.3) is 5.69 Å². The zero-order chi connectivity index (χ0) is 24.1. The fourth-order valence-electron chi connectivity index (χ4n) is 4.16. The first-order valence-corrected chi connectivity index (χ1v) is 12.4. The van der Waals surface area contributed by atoms with Gasteiger partial charge in [-0.05, 0) is 76.2 Å². The van der Waals surface area contributed by atoms with E-state index >= 15 is 0 Å². The maximum Gasteiger partial charge on any atom is 0.234 e. The van der Waals surface area contributed by atoms with E-state index in [1.165, 1.54) is 37.2 Å². The summed E-state index contributed by atoms with van der Waals surface area (Å²) in [5, 5.41) is 12.2. The number of Topliss-reactive ketones (excluding diaryl/α,β-unsaturated/α-hetero) is 1. The topological polar surface area (TPSA) is 80.1 Å². The highest BCUT2D eigenvalue weighted by molar-refractivity contribution is 7.99. The lowest BCUT2D eigenvalue weighted by Crippen LogP contribution is -2.33. The van der Waals surface area contributed by atoms with Crippen molar-refractivity contribution in [3.05, 3.63) is 65.7 Å². The number of ketones is 1. The predicted octanol–water partition coefficient (Wildman–Crippen LogP) is 4.89. The Morgan fingerprint density at radius 3 is 2.47 bits per heavy atom. The number of piperidine rings is 1. The molecule has 9 heteroatoms. The van der Waals surface area contributed by atoms with Crippen molar-refractivity contribution in [1.82, 2.24) is 19.7 Å². The molecule has 1 fully saturated rings. The molecule has 1 aromatic heterocycles. The monoisotopic (exact) mass is 481 g/mol. The van der Waals surface area contributed by atoms with Crippen LogP contribution in [0.2, 0.25) is 0 Å². The van der Waals surface area contributed by atoms with Crippen molar-refractivity contribution in [3.8, 4) is 5.69 Å². The summed E-state index contributed by atoms with van der Waals surface area (Å²) >= 11 is 1.25. The molecule has 34 heavy (non-hydrogen) atoms. The van der Waals surface area contributed by atoms with Gasteiger partial charge in [-0.1, -0.05) is 30.3 Å². The van der Waals surface area contributed by atoms with Crippen molar-refractivity contribution in [2.75, 3.05) is 24.2 Å². The van der Waals surface area contributed by atoms with Gasteiger partial charge in [0.05, 0.1) is 17.5 Å². The van der Waals surface area contributed by atoms with Crippen LogP contribution in [-0.4, -0.2) is 50.2 Å². The van der Waals surface area contributed by atoms with Gasteiger partial charge in [-0.25, -0.2) is 4.39 Å². The van der Waals surface area contributed by atoms with Crippen molar-refractivity contribution >= 4 is 29.1 Å². The van der Waals surface area contributed by atoms with E-state index in [1.807, 2.05) is 4.57 Å². The molecule has 0 radical (unpaired) electrons. The summed E-state index contributed by atoms with van der Waals surface area (Å²) in [7, 11) is 0. The zero-order valence-electron chi connectivity index (χ0n) is 19.3. The van der Waals surface area contributed by atoms with Gasteiger partial charge in [0.25, 0.3) is 0 Å². The van der Waals surface area contributed by atoms with E-state index in [9.17, 15) is 14.0 Å². The van der Waals surface area contributed by atoms with Gasteiger partial charge in [0.2, 0.25) is 5.91 Å². The largest absolute Gasteiger partial charge is 0.325 e. The molecule has 1 aliphatic rings. The first-order chi connectivity index (χ1) is 16.4. The molecule has 2 heterocycles. The quantitative estimate of drug-likeness (QED) is 0.365. The Kier molecular flexibility index (Phi) is 7.74. The van der Waals surface area contributed by atoms with E-state index in [0.29, 0.717) is 16.4 Å². The molecular weight excluding hydrogens is 453 g/mol. The Balaban J connectivity index is 1.55. The van der Waals surface area contributed by atoms with Crippen LogP contribution in [0.3, 0.4) is 0 Å². The van der Waals surface area contributed by atoms with Crippen LogP contribution in [0.15, 0.2) is 53.7 Å². The van der Waals surface area contributed by atoms with Crippen molar-refractivity contribution in [1.29, 1.82) is 0 Å². The minimum absolute atomic E-state index is 0.0310. The first kappa shape index (κ1) is 24.1. The maximum atomic E-state index is 13.6. The molecule has 1 aliphatic heterocycles. The molecule has 1 atom stereocenters. The van der Waals surface area contributed by atoms with Crippen LogP contribution < -0.4 is 5.32 Å². The van der Waals surface area contributed by atoms with E-state index in [0.717, 1.165) is 37.4 Å². The highest BCUT2D eigenvalue weighted by Gasteiger charge is 2.26. The number of thioether (sulfide) groups is 1. The van der Waals surface area contributed by atoms with Crippen molar-refractivity contribution < 1.29 is 14.0 Å². The highest BCUT2D eigenvalue weighted by atomic mass is 32.2. The van der Waals surface area contributed by atoms with Crippen molar-refractivity contribution in [2.45, 2.75) is 44.3 Å². The van der Waals surface area contributed by atoms with Crippen LogP contribution in [-0.2, 0) is 4.79 Å². The second kappa shape index (κ2) is 10.9. The molecule has 1 unspecified atom stereocenters. The number of aromatic nitrogens is 3. The molecule has 1 N–H and O–H groups in total. The van der Waals surface area contributed by atoms with Crippen molar-refractivity contribution in [2.24, 2.45) is 0 Å². The van der Waals surface area contributed by atoms with Gasteiger partial charge in [0.15, 0.2) is 16.8 Å². The van der Waals surface area contributed by atoms with E-state index in [2.05, 4.69) is 27.3 Å². The Morgan fingerprint density at radius 1 is 1.06 bits per heavy atom. The number of carbonyl (C=O) groups is 2. The summed E-state index contributed by atoms with van der Waals surface area (Å²) in [6, 6.07) is 13.2. The number of para-hydroxylation sites is 1. The number of rotatable bonds is 8. The molecule has 0 bridgehead atoms. The highest BCUT2D eigenvalue weighted by Crippen LogP contribution is 2.29. The van der Waals surface area contributed by atoms with Crippen LogP contribution in [0, 0.1) is 5.82 Å². The molecular formula is C25H28FN5O2S. The van der Waals surface area contributed by atoms with Crippen molar-refractivity contribution in [3.63, 3.8) is 0 Å². The SMILES string of the molecule is CC(=O)c1ccccc1NC(=O)CSc1nnc(C(C)N2CCCCC2)n1-c1ccc(F)cc1. The Hall–Kier alpha value is -3.04. The number of benzene rings is 2. The van der Waals surface area contributed by atoms with Crippen LogP contribution in [0.1, 0.15) is 55.3 Å². The molecule has 1 amide bonds. The Morgan fingerprint density at radius 2 is 1.76 bits per heavy atom. The summed E-state index contributed by atoms with van der Waals surface area (Å²) in [6.45, 7) is 5.57. The molecule has 4 rings (SSSR count). The number of hydrogen-bond acceptors (Lipinski definition) is 6. The van der Waals surface area contributed by atoms with Crippen LogP contribution in [0.4, 0.5) is 10.1 Å². The van der Waals surface area contributed by atoms with Crippen LogP contribution >= 0.6 is 11.8 Å². The Bertz CT molecular complexity index is 1160. The maximum absolute atomic E-state index is 13.6.